The molecule has 5 aromatic rings. The van der Waals surface area contributed by atoms with Gasteiger partial charge in [0.25, 0.3) is 5.56 Å². The third kappa shape index (κ3) is 2.64. The number of nitrogens with zero attached hydrogens (tertiary/aromatic N) is 3. The molecule has 0 spiro atoms. The van der Waals surface area contributed by atoms with Crippen LogP contribution in [0.15, 0.2) is 77.6 Å². The summed E-state index contributed by atoms with van der Waals surface area (Å²) in [5.74, 6) is 0.609. The Kier molecular flexibility index (Phi) is 3.62. The van der Waals surface area contributed by atoms with Crippen LogP contribution >= 0.6 is 11.3 Å². The quantitative estimate of drug-likeness (QED) is 0.441. The minimum atomic E-state index is -0.102. The monoisotopic (exact) mass is 369 g/mol. The average molecular weight is 369 g/mol. The summed E-state index contributed by atoms with van der Waals surface area (Å²) < 4.78 is 2.68. The molecular weight excluding hydrogens is 354 g/mol. The molecule has 0 aliphatic rings. The summed E-state index contributed by atoms with van der Waals surface area (Å²) in [4.78, 5) is 22.9. The van der Waals surface area contributed by atoms with E-state index in [4.69, 9.17) is 9.97 Å². The summed E-state index contributed by atoms with van der Waals surface area (Å²) in [7, 11) is 0. The fourth-order valence-corrected chi connectivity index (χ4v) is 4.13. The van der Waals surface area contributed by atoms with Crippen LogP contribution in [0.5, 0.6) is 0 Å². The lowest BCUT2D eigenvalue weighted by Crippen LogP contribution is -2.21. The number of benzene rings is 3. The third-order valence-electron chi connectivity index (χ3n) is 4.56. The van der Waals surface area contributed by atoms with E-state index >= 15 is 0 Å². The van der Waals surface area contributed by atoms with E-state index in [1.54, 1.807) is 4.57 Å². The van der Waals surface area contributed by atoms with Crippen molar-refractivity contribution >= 4 is 32.5 Å². The van der Waals surface area contributed by atoms with E-state index < -0.39 is 0 Å². The molecule has 2 aromatic heterocycles. The highest BCUT2D eigenvalue weighted by Gasteiger charge is 2.17. The first-order valence-electron chi connectivity index (χ1n) is 8.65. The standard InChI is InChI=1S/C22H15N3OS/c1-14-10-12-15(13-11-14)20-23-17-7-3-2-6-16(17)21(26)25(20)22-24-18-8-4-5-9-19(18)27-22/h2-13H,1H3. The van der Waals surface area contributed by atoms with Crippen molar-refractivity contribution in [1.82, 2.24) is 14.5 Å². The number of fused-ring (bicyclic) bond motifs is 2. The number of hydrogen-bond acceptors (Lipinski definition) is 4. The second kappa shape index (κ2) is 6.14. The Labute approximate surface area is 159 Å². The topological polar surface area (TPSA) is 47.8 Å². The third-order valence-corrected chi connectivity index (χ3v) is 5.58. The summed E-state index contributed by atoms with van der Waals surface area (Å²) in [6, 6.07) is 23.4. The molecule has 0 saturated carbocycles. The molecule has 0 radical (unpaired) electrons. The van der Waals surface area contributed by atoms with E-state index in [0.29, 0.717) is 21.9 Å². The van der Waals surface area contributed by atoms with Crippen molar-refractivity contribution in [3.8, 4) is 16.5 Å². The number of aryl methyl sites for hydroxylation is 1. The van der Waals surface area contributed by atoms with Crippen molar-refractivity contribution in [3.63, 3.8) is 0 Å². The van der Waals surface area contributed by atoms with Crippen LogP contribution in [-0.2, 0) is 0 Å². The van der Waals surface area contributed by atoms with Gasteiger partial charge in [-0.3, -0.25) is 4.79 Å². The zero-order valence-corrected chi connectivity index (χ0v) is 15.4. The van der Waals surface area contributed by atoms with Crippen LogP contribution in [0.1, 0.15) is 5.56 Å². The van der Waals surface area contributed by atoms with Crippen molar-refractivity contribution in [2.45, 2.75) is 6.92 Å². The maximum atomic E-state index is 13.4. The highest BCUT2D eigenvalue weighted by Crippen LogP contribution is 2.28. The van der Waals surface area contributed by atoms with Gasteiger partial charge in [-0.2, -0.15) is 0 Å². The highest BCUT2D eigenvalue weighted by molar-refractivity contribution is 7.20. The zero-order valence-electron chi connectivity index (χ0n) is 14.6. The Balaban J connectivity index is 1.88. The largest absolute Gasteiger partial charge is 0.268 e. The molecule has 0 amide bonds. The molecule has 0 unspecified atom stereocenters. The van der Waals surface area contributed by atoms with Gasteiger partial charge in [-0.25, -0.2) is 14.5 Å². The normalized spacial score (nSPS) is 11.3. The van der Waals surface area contributed by atoms with E-state index in [-0.39, 0.29) is 5.56 Å². The van der Waals surface area contributed by atoms with Gasteiger partial charge >= 0.3 is 0 Å². The van der Waals surface area contributed by atoms with Crippen LogP contribution in [0, 0.1) is 6.92 Å². The van der Waals surface area contributed by atoms with Crippen molar-refractivity contribution in [1.29, 1.82) is 0 Å². The average Bonchev–Trinajstić information content (AvgIpc) is 3.12. The lowest BCUT2D eigenvalue weighted by atomic mass is 10.1. The zero-order chi connectivity index (χ0) is 18.4. The van der Waals surface area contributed by atoms with Gasteiger partial charge in [-0.1, -0.05) is 65.4 Å². The number of rotatable bonds is 2. The van der Waals surface area contributed by atoms with E-state index in [1.165, 1.54) is 11.3 Å². The predicted molar refractivity (Wildman–Crippen MR) is 111 cm³/mol. The molecule has 4 nitrogen and oxygen atoms in total. The van der Waals surface area contributed by atoms with Gasteiger partial charge in [0.1, 0.15) is 5.82 Å². The molecule has 0 atom stereocenters. The van der Waals surface area contributed by atoms with Crippen LogP contribution < -0.4 is 5.56 Å². The summed E-state index contributed by atoms with van der Waals surface area (Å²) >= 11 is 1.50. The number of para-hydroxylation sites is 2. The minimum absolute atomic E-state index is 0.102. The van der Waals surface area contributed by atoms with Crippen LogP contribution in [0.4, 0.5) is 0 Å². The summed E-state index contributed by atoms with van der Waals surface area (Å²) in [6.45, 7) is 2.04. The number of aromatic nitrogens is 3. The SMILES string of the molecule is Cc1ccc(-c2nc3ccccc3c(=O)n2-c2nc3ccccc3s2)cc1. The van der Waals surface area contributed by atoms with E-state index in [0.717, 1.165) is 21.3 Å². The molecule has 3 aromatic carbocycles. The first-order valence-corrected chi connectivity index (χ1v) is 9.47. The van der Waals surface area contributed by atoms with Crippen molar-refractivity contribution in [2.24, 2.45) is 0 Å². The van der Waals surface area contributed by atoms with Crippen molar-refractivity contribution < 1.29 is 0 Å². The van der Waals surface area contributed by atoms with Gasteiger partial charge in [-0.05, 0) is 31.2 Å². The van der Waals surface area contributed by atoms with Gasteiger partial charge in [0.2, 0.25) is 0 Å². The number of hydrogen-bond donors (Lipinski definition) is 0. The van der Waals surface area contributed by atoms with Crippen LogP contribution in [-0.4, -0.2) is 14.5 Å². The van der Waals surface area contributed by atoms with Gasteiger partial charge < -0.3 is 0 Å². The first kappa shape index (κ1) is 15.9. The maximum absolute atomic E-state index is 13.4. The Hall–Kier alpha value is -3.31. The molecule has 0 aliphatic carbocycles. The van der Waals surface area contributed by atoms with Gasteiger partial charge in [0, 0.05) is 5.56 Å². The minimum Gasteiger partial charge on any atom is -0.268 e. The van der Waals surface area contributed by atoms with Crippen LogP contribution in [0.25, 0.3) is 37.6 Å². The van der Waals surface area contributed by atoms with E-state index in [2.05, 4.69) is 0 Å². The van der Waals surface area contributed by atoms with Crippen LogP contribution in [0.2, 0.25) is 0 Å². The molecule has 5 heteroatoms. The molecule has 0 bridgehead atoms. The second-order valence-electron chi connectivity index (χ2n) is 6.42. The molecule has 27 heavy (non-hydrogen) atoms. The van der Waals surface area contributed by atoms with Crippen molar-refractivity contribution in [2.75, 3.05) is 0 Å². The lowest BCUT2D eigenvalue weighted by Gasteiger charge is -2.11. The Morgan fingerprint density at radius 2 is 1.52 bits per heavy atom. The summed E-state index contributed by atoms with van der Waals surface area (Å²) in [5.41, 5.74) is 3.52. The molecule has 2 heterocycles. The van der Waals surface area contributed by atoms with Gasteiger partial charge in [-0.15, -0.1) is 0 Å². The molecule has 0 N–H and O–H groups in total. The summed E-state index contributed by atoms with van der Waals surface area (Å²) in [6.07, 6.45) is 0. The number of thiazole rings is 1. The maximum Gasteiger partial charge on any atom is 0.268 e. The highest BCUT2D eigenvalue weighted by atomic mass is 32.1. The Bertz CT molecular complexity index is 1320. The molecular formula is C22H15N3OS. The first-order chi connectivity index (χ1) is 13.2. The molecule has 0 aliphatic heterocycles. The fraction of sp³-hybridized carbons (Fsp3) is 0.0455. The van der Waals surface area contributed by atoms with Crippen LogP contribution in [0.3, 0.4) is 0 Å². The molecule has 0 fully saturated rings. The van der Waals surface area contributed by atoms with Gasteiger partial charge in [0.15, 0.2) is 5.13 Å². The van der Waals surface area contributed by atoms with Crippen molar-refractivity contribution in [3.05, 3.63) is 88.7 Å². The molecule has 0 saturated heterocycles. The molecule has 5 rings (SSSR count). The Morgan fingerprint density at radius 3 is 2.30 bits per heavy atom. The molecule has 130 valence electrons. The van der Waals surface area contributed by atoms with E-state index in [1.807, 2.05) is 79.7 Å². The fourth-order valence-electron chi connectivity index (χ4n) is 3.16. The second-order valence-corrected chi connectivity index (χ2v) is 7.43. The van der Waals surface area contributed by atoms with Gasteiger partial charge in [0.05, 0.1) is 21.1 Å². The lowest BCUT2D eigenvalue weighted by molar-refractivity contribution is 0.965. The van der Waals surface area contributed by atoms with E-state index in [9.17, 15) is 4.79 Å². The predicted octanol–water partition coefficient (Wildman–Crippen LogP) is 4.97. The smallest absolute Gasteiger partial charge is 0.268 e. The Morgan fingerprint density at radius 1 is 0.815 bits per heavy atom. The summed E-state index contributed by atoms with van der Waals surface area (Å²) in [5, 5.41) is 1.22.